The zero-order valence-corrected chi connectivity index (χ0v) is 15.5. The molecule has 0 saturated carbocycles. The summed E-state index contributed by atoms with van der Waals surface area (Å²) in [5.74, 6) is 2.39. The first kappa shape index (κ1) is 19.2. The molecule has 7 nitrogen and oxygen atoms in total. The predicted octanol–water partition coefficient (Wildman–Crippen LogP) is 2.66. The molecule has 0 fully saturated rings. The van der Waals surface area contributed by atoms with E-state index in [4.69, 9.17) is 23.7 Å². The van der Waals surface area contributed by atoms with E-state index in [-0.39, 0.29) is 12.5 Å². The van der Waals surface area contributed by atoms with Crippen molar-refractivity contribution < 1.29 is 28.5 Å². The number of nitrogens with one attached hydrogen (secondary N) is 1. The second kappa shape index (κ2) is 8.84. The highest BCUT2D eigenvalue weighted by Crippen LogP contribution is 2.38. The minimum absolute atomic E-state index is 0.254. The van der Waals surface area contributed by atoms with E-state index in [2.05, 4.69) is 5.32 Å². The summed E-state index contributed by atoms with van der Waals surface area (Å²) < 4.78 is 26.3. The number of amides is 1. The molecule has 0 radical (unpaired) electrons. The second-order valence-electron chi connectivity index (χ2n) is 5.32. The number of ether oxygens (including phenoxy) is 5. The van der Waals surface area contributed by atoms with Crippen LogP contribution in [0, 0.1) is 0 Å². The zero-order chi connectivity index (χ0) is 19.1. The van der Waals surface area contributed by atoms with Gasteiger partial charge in [-0.3, -0.25) is 4.79 Å². The standard InChI is InChI=1S/C19H23NO6/c1-22-14-8-13(9-15(10-14)23-2)19(21)20-11-12-6-16(24-3)18(26-5)17(7-12)25-4/h6-10H,11H2,1-5H3,(H,20,21). The number of carbonyl (C=O) groups excluding carboxylic acids is 1. The third-order valence-electron chi connectivity index (χ3n) is 3.79. The lowest BCUT2D eigenvalue weighted by Gasteiger charge is -2.14. The van der Waals surface area contributed by atoms with Crippen LogP contribution in [0.4, 0.5) is 0 Å². The lowest BCUT2D eigenvalue weighted by atomic mass is 10.1. The summed E-state index contributed by atoms with van der Waals surface area (Å²) in [6, 6.07) is 8.57. The number of hydrogen-bond acceptors (Lipinski definition) is 6. The third-order valence-corrected chi connectivity index (χ3v) is 3.79. The van der Waals surface area contributed by atoms with Crippen LogP contribution >= 0.6 is 0 Å². The van der Waals surface area contributed by atoms with Gasteiger partial charge >= 0.3 is 0 Å². The Hall–Kier alpha value is -3.09. The molecule has 0 unspecified atom stereocenters. The van der Waals surface area contributed by atoms with Gasteiger partial charge in [0.2, 0.25) is 5.75 Å². The van der Waals surface area contributed by atoms with Crippen molar-refractivity contribution in [3.8, 4) is 28.7 Å². The highest BCUT2D eigenvalue weighted by atomic mass is 16.5. The molecule has 1 amide bonds. The third kappa shape index (κ3) is 4.30. The zero-order valence-electron chi connectivity index (χ0n) is 15.5. The van der Waals surface area contributed by atoms with E-state index in [0.29, 0.717) is 34.3 Å². The molecule has 0 saturated heterocycles. The normalized spacial score (nSPS) is 10.0. The van der Waals surface area contributed by atoms with Crippen molar-refractivity contribution in [3.05, 3.63) is 41.5 Å². The maximum Gasteiger partial charge on any atom is 0.251 e. The van der Waals surface area contributed by atoms with Crippen LogP contribution in [0.2, 0.25) is 0 Å². The van der Waals surface area contributed by atoms with Gasteiger partial charge in [0.25, 0.3) is 5.91 Å². The molecular formula is C19H23NO6. The summed E-state index contributed by atoms with van der Waals surface area (Å²) in [6.45, 7) is 0.287. The van der Waals surface area contributed by atoms with E-state index >= 15 is 0 Å². The summed E-state index contributed by atoms with van der Waals surface area (Å²) in [7, 11) is 7.70. The molecular weight excluding hydrogens is 338 g/mol. The van der Waals surface area contributed by atoms with E-state index in [1.807, 2.05) is 0 Å². The summed E-state index contributed by atoms with van der Waals surface area (Å²) in [6.07, 6.45) is 0. The molecule has 0 heterocycles. The van der Waals surface area contributed by atoms with Gasteiger partial charge < -0.3 is 29.0 Å². The highest BCUT2D eigenvalue weighted by Gasteiger charge is 2.14. The topological polar surface area (TPSA) is 75.3 Å². The first-order valence-electron chi connectivity index (χ1n) is 7.86. The largest absolute Gasteiger partial charge is 0.497 e. The second-order valence-corrected chi connectivity index (χ2v) is 5.32. The summed E-state index contributed by atoms with van der Waals surface area (Å²) in [5.41, 5.74) is 1.25. The summed E-state index contributed by atoms with van der Waals surface area (Å²) >= 11 is 0. The minimum Gasteiger partial charge on any atom is -0.497 e. The number of hydrogen-bond donors (Lipinski definition) is 1. The Bertz CT molecular complexity index is 727. The molecule has 0 atom stereocenters. The van der Waals surface area contributed by atoms with Gasteiger partial charge in [0.15, 0.2) is 11.5 Å². The van der Waals surface area contributed by atoms with Crippen molar-refractivity contribution in [2.75, 3.05) is 35.5 Å². The smallest absolute Gasteiger partial charge is 0.251 e. The van der Waals surface area contributed by atoms with Gasteiger partial charge in [-0.15, -0.1) is 0 Å². The van der Waals surface area contributed by atoms with Gasteiger partial charge in [0.05, 0.1) is 35.5 Å². The van der Waals surface area contributed by atoms with Crippen LogP contribution in [-0.4, -0.2) is 41.5 Å². The molecule has 0 aliphatic rings. The molecule has 2 aromatic rings. The van der Waals surface area contributed by atoms with E-state index in [9.17, 15) is 4.79 Å². The van der Waals surface area contributed by atoms with Crippen LogP contribution < -0.4 is 29.0 Å². The van der Waals surface area contributed by atoms with Crippen molar-refractivity contribution in [1.82, 2.24) is 5.32 Å². The number of methoxy groups -OCH3 is 5. The summed E-state index contributed by atoms with van der Waals surface area (Å²) in [4.78, 5) is 12.5. The Morgan fingerprint density at radius 2 is 1.31 bits per heavy atom. The first-order valence-corrected chi connectivity index (χ1v) is 7.86. The SMILES string of the molecule is COc1cc(OC)cc(C(=O)NCc2cc(OC)c(OC)c(OC)c2)c1. The molecule has 7 heteroatoms. The number of benzene rings is 2. The molecule has 140 valence electrons. The van der Waals surface area contributed by atoms with E-state index < -0.39 is 0 Å². The lowest BCUT2D eigenvalue weighted by Crippen LogP contribution is -2.23. The molecule has 2 rings (SSSR count). The molecule has 26 heavy (non-hydrogen) atoms. The molecule has 2 aromatic carbocycles. The van der Waals surface area contributed by atoms with E-state index in [1.54, 1.807) is 44.6 Å². The van der Waals surface area contributed by atoms with Crippen LogP contribution in [-0.2, 0) is 6.54 Å². The Balaban J connectivity index is 2.19. The average molecular weight is 361 g/mol. The fourth-order valence-corrected chi connectivity index (χ4v) is 2.46. The number of rotatable bonds is 8. The van der Waals surface area contributed by atoms with Gasteiger partial charge in [-0.2, -0.15) is 0 Å². The van der Waals surface area contributed by atoms with Gasteiger partial charge in [-0.1, -0.05) is 0 Å². The molecule has 0 bridgehead atoms. The number of carbonyl (C=O) groups is 1. The molecule has 0 aliphatic carbocycles. The minimum atomic E-state index is -0.254. The Kier molecular flexibility index (Phi) is 6.54. The van der Waals surface area contributed by atoms with Crippen LogP contribution in [0.25, 0.3) is 0 Å². The van der Waals surface area contributed by atoms with Crippen LogP contribution in [0.15, 0.2) is 30.3 Å². The fraction of sp³-hybridized carbons (Fsp3) is 0.316. The van der Waals surface area contributed by atoms with Crippen molar-refractivity contribution in [3.63, 3.8) is 0 Å². The average Bonchev–Trinajstić information content (AvgIpc) is 2.70. The lowest BCUT2D eigenvalue weighted by molar-refractivity contribution is 0.0950. The van der Waals surface area contributed by atoms with Crippen molar-refractivity contribution in [2.45, 2.75) is 6.54 Å². The van der Waals surface area contributed by atoms with Gasteiger partial charge in [-0.25, -0.2) is 0 Å². The van der Waals surface area contributed by atoms with Gasteiger partial charge in [-0.05, 0) is 29.8 Å². The predicted molar refractivity (Wildman–Crippen MR) is 96.8 cm³/mol. The monoisotopic (exact) mass is 361 g/mol. The Labute approximate surface area is 152 Å². The molecule has 0 aromatic heterocycles. The van der Waals surface area contributed by atoms with Crippen LogP contribution in [0.5, 0.6) is 28.7 Å². The summed E-state index contributed by atoms with van der Waals surface area (Å²) in [5, 5.41) is 2.86. The molecule has 0 spiro atoms. The van der Waals surface area contributed by atoms with Crippen molar-refractivity contribution in [1.29, 1.82) is 0 Å². The van der Waals surface area contributed by atoms with E-state index in [1.165, 1.54) is 21.3 Å². The first-order chi connectivity index (χ1) is 12.6. The van der Waals surface area contributed by atoms with Crippen LogP contribution in [0.1, 0.15) is 15.9 Å². The molecule has 1 N–H and O–H groups in total. The molecule has 0 aliphatic heterocycles. The quantitative estimate of drug-likeness (QED) is 0.779. The fourth-order valence-electron chi connectivity index (χ4n) is 2.46. The van der Waals surface area contributed by atoms with E-state index in [0.717, 1.165) is 5.56 Å². The Morgan fingerprint density at radius 3 is 1.73 bits per heavy atom. The van der Waals surface area contributed by atoms with Crippen LogP contribution in [0.3, 0.4) is 0 Å². The maximum atomic E-state index is 12.5. The van der Waals surface area contributed by atoms with Gasteiger partial charge in [0.1, 0.15) is 11.5 Å². The Morgan fingerprint density at radius 1 is 0.769 bits per heavy atom. The van der Waals surface area contributed by atoms with Crippen molar-refractivity contribution in [2.24, 2.45) is 0 Å². The highest BCUT2D eigenvalue weighted by molar-refractivity contribution is 5.95. The van der Waals surface area contributed by atoms with Crippen molar-refractivity contribution >= 4 is 5.91 Å². The maximum absolute atomic E-state index is 12.5. The van der Waals surface area contributed by atoms with Gasteiger partial charge in [0, 0.05) is 18.2 Å².